The molecule has 4 aromatic rings. The van der Waals surface area contributed by atoms with Crippen molar-refractivity contribution in [1.29, 1.82) is 5.26 Å². The average molecular weight is 562 g/mol. The summed E-state index contributed by atoms with van der Waals surface area (Å²) in [6, 6.07) is 23.5. The van der Waals surface area contributed by atoms with Crippen molar-refractivity contribution in [3.63, 3.8) is 0 Å². The van der Waals surface area contributed by atoms with E-state index < -0.39 is 5.91 Å². The van der Waals surface area contributed by atoms with Crippen LogP contribution in [0.15, 0.2) is 78.9 Å². The number of carbonyl (C=O) groups is 2. The normalized spacial score (nSPS) is 14.7. The van der Waals surface area contributed by atoms with Crippen LogP contribution in [0.5, 0.6) is 11.5 Å². The lowest BCUT2D eigenvalue weighted by molar-refractivity contribution is 0.0615. The van der Waals surface area contributed by atoms with Crippen molar-refractivity contribution >= 4 is 17.6 Å². The Hall–Kier alpha value is -5.20. The van der Waals surface area contributed by atoms with E-state index >= 15 is 0 Å². The lowest BCUT2D eigenvalue weighted by Crippen LogP contribution is -2.48. The third-order valence-corrected chi connectivity index (χ3v) is 7.40. The summed E-state index contributed by atoms with van der Waals surface area (Å²) >= 11 is 0. The molecule has 0 bridgehead atoms. The second-order valence-electron chi connectivity index (χ2n) is 10.2. The fourth-order valence-corrected chi connectivity index (χ4v) is 5.33. The highest BCUT2D eigenvalue weighted by molar-refractivity contribution is 6.05. The molecule has 9 heteroatoms. The molecule has 1 atom stereocenters. The number of amides is 2. The van der Waals surface area contributed by atoms with Gasteiger partial charge in [-0.05, 0) is 80.4 Å². The number of phenols is 2. The number of aromatic nitrogens is 1. The van der Waals surface area contributed by atoms with Gasteiger partial charge >= 0.3 is 0 Å². The molecule has 1 saturated heterocycles. The van der Waals surface area contributed by atoms with Gasteiger partial charge in [0.05, 0.1) is 5.69 Å². The number of phenolic OH excluding ortho intramolecular Hbond substituents is 2. The highest BCUT2D eigenvalue weighted by atomic mass is 16.3. The lowest BCUT2D eigenvalue weighted by Gasteiger charge is -2.36. The zero-order chi connectivity index (χ0) is 29.6. The van der Waals surface area contributed by atoms with E-state index in [1.54, 1.807) is 54.6 Å². The molecule has 4 N–H and O–H groups in total. The van der Waals surface area contributed by atoms with Crippen LogP contribution in [0, 0.1) is 11.3 Å². The van der Waals surface area contributed by atoms with Gasteiger partial charge < -0.3 is 25.7 Å². The van der Waals surface area contributed by atoms with E-state index in [1.807, 2.05) is 11.9 Å². The third-order valence-electron chi connectivity index (χ3n) is 7.40. The highest BCUT2D eigenvalue weighted by Crippen LogP contribution is 2.36. The smallest absolute Gasteiger partial charge is 0.256 e. The number of hydrogen-bond donors (Lipinski definition) is 4. The number of aromatic hydroxyl groups is 2. The molecule has 0 radical (unpaired) electrons. The zero-order valence-corrected chi connectivity index (χ0v) is 23.2. The molecule has 1 fully saturated rings. The topological polar surface area (TPSA) is 139 Å². The summed E-state index contributed by atoms with van der Waals surface area (Å²) in [6.45, 7) is 1.39. The molecule has 1 aliphatic rings. The van der Waals surface area contributed by atoms with Gasteiger partial charge in [-0.15, -0.1) is 0 Å². The van der Waals surface area contributed by atoms with Crippen molar-refractivity contribution in [3.05, 3.63) is 95.6 Å². The van der Waals surface area contributed by atoms with Crippen LogP contribution in [0.1, 0.15) is 45.5 Å². The van der Waals surface area contributed by atoms with E-state index in [-0.39, 0.29) is 40.4 Å². The van der Waals surface area contributed by atoms with E-state index in [0.717, 1.165) is 19.3 Å². The molecule has 9 nitrogen and oxygen atoms in total. The van der Waals surface area contributed by atoms with E-state index in [4.69, 9.17) is 0 Å². The molecule has 0 aliphatic carbocycles. The summed E-state index contributed by atoms with van der Waals surface area (Å²) in [4.78, 5) is 33.2. The number of hydrogen-bond acceptors (Lipinski definition) is 7. The quantitative estimate of drug-likeness (QED) is 0.244. The van der Waals surface area contributed by atoms with Gasteiger partial charge in [-0.1, -0.05) is 30.3 Å². The predicted molar refractivity (Wildman–Crippen MR) is 160 cm³/mol. The van der Waals surface area contributed by atoms with Crippen molar-refractivity contribution in [2.24, 2.45) is 0 Å². The number of nitrogens with one attached hydrogen (secondary N) is 2. The van der Waals surface area contributed by atoms with Crippen LogP contribution < -0.4 is 10.6 Å². The van der Waals surface area contributed by atoms with Crippen LogP contribution in [0.3, 0.4) is 0 Å². The number of likely N-dealkylation sites (N-methyl/N-ethyl adjacent to an activating group) is 1. The summed E-state index contributed by atoms with van der Waals surface area (Å²) in [5.41, 5.74) is 2.54. The van der Waals surface area contributed by atoms with Crippen molar-refractivity contribution in [1.82, 2.24) is 15.2 Å². The van der Waals surface area contributed by atoms with E-state index in [2.05, 4.69) is 21.7 Å². The Bertz CT molecular complexity index is 1680. The highest BCUT2D eigenvalue weighted by Gasteiger charge is 2.27. The molecule has 3 aromatic carbocycles. The number of nitrogens with zero attached hydrogens (tertiary/aromatic N) is 3. The van der Waals surface area contributed by atoms with Crippen LogP contribution >= 0.6 is 0 Å². The van der Waals surface area contributed by atoms with Gasteiger partial charge in [0.1, 0.15) is 23.1 Å². The molecule has 42 heavy (non-hydrogen) atoms. The molecule has 0 spiro atoms. The SMILES string of the molecule is CNCC1CCCCN1C(=O)c1cccc(-c2cc(-c3ccccc3O)nc(NC(=O)c3cccc(O)c3)c2C#N)c1. The Balaban J connectivity index is 1.60. The summed E-state index contributed by atoms with van der Waals surface area (Å²) < 4.78 is 0. The molecule has 2 heterocycles. The zero-order valence-electron chi connectivity index (χ0n) is 23.2. The summed E-state index contributed by atoms with van der Waals surface area (Å²) in [7, 11) is 1.88. The van der Waals surface area contributed by atoms with Gasteiger partial charge in [-0.2, -0.15) is 5.26 Å². The lowest BCUT2D eigenvalue weighted by atomic mass is 9.95. The standard InChI is InChI=1S/C33H31N5O4/c1-35-20-24-11-4-5-15-38(24)33(42)23-10-6-8-21(16-23)27-18-29(26-13-2-3-14-30(26)40)36-31(28(27)19-34)37-32(41)22-9-7-12-25(39)17-22/h2-3,6-10,12-14,16-18,24,35,39-40H,4-5,11,15,20H2,1H3,(H,36,37,41). The predicted octanol–water partition coefficient (Wildman–Crippen LogP) is 5.16. The average Bonchev–Trinajstić information content (AvgIpc) is 3.01. The van der Waals surface area contributed by atoms with Crippen LogP contribution in [0.25, 0.3) is 22.4 Å². The number of anilines is 1. The number of nitriles is 1. The number of benzene rings is 3. The molecular weight excluding hydrogens is 530 g/mol. The van der Waals surface area contributed by atoms with Gasteiger partial charge in [-0.3, -0.25) is 9.59 Å². The fourth-order valence-electron chi connectivity index (χ4n) is 5.33. The van der Waals surface area contributed by atoms with Crippen LogP contribution in [0.4, 0.5) is 5.82 Å². The number of carbonyl (C=O) groups excluding carboxylic acids is 2. The van der Waals surface area contributed by atoms with Gasteiger partial charge in [0.2, 0.25) is 0 Å². The minimum absolute atomic E-state index is 0.0107. The number of piperidine rings is 1. The first kappa shape index (κ1) is 28.3. The number of pyridine rings is 1. The molecule has 1 unspecified atom stereocenters. The van der Waals surface area contributed by atoms with Crippen LogP contribution in [-0.2, 0) is 0 Å². The van der Waals surface area contributed by atoms with Crippen LogP contribution in [-0.4, -0.2) is 58.1 Å². The first-order valence-electron chi connectivity index (χ1n) is 13.8. The van der Waals surface area contributed by atoms with Crippen molar-refractivity contribution in [2.45, 2.75) is 25.3 Å². The van der Waals surface area contributed by atoms with E-state index in [1.165, 1.54) is 24.3 Å². The molecule has 0 saturated carbocycles. The molecule has 2 amide bonds. The van der Waals surface area contributed by atoms with Crippen molar-refractivity contribution in [2.75, 3.05) is 25.5 Å². The monoisotopic (exact) mass is 561 g/mol. The Morgan fingerprint density at radius 1 is 0.976 bits per heavy atom. The van der Waals surface area contributed by atoms with E-state index in [9.17, 15) is 25.1 Å². The second-order valence-corrected chi connectivity index (χ2v) is 10.2. The second kappa shape index (κ2) is 12.5. The Labute approximate surface area is 244 Å². The molecule has 212 valence electrons. The summed E-state index contributed by atoms with van der Waals surface area (Å²) in [6.07, 6.45) is 2.95. The first-order valence-corrected chi connectivity index (χ1v) is 13.8. The molecule has 5 rings (SSSR count). The molecular formula is C33H31N5O4. The Kier molecular flexibility index (Phi) is 8.46. The van der Waals surface area contributed by atoms with E-state index in [0.29, 0.717) is 41.0 Å². The van der Waals surface area contributed by atoms with Gasteiger partial charge in [-0.25, -0.2) is 4.98 Å². The summed E-state index contributed by atoms with van der Waals surface area (Å²) in [5, 5.41) is 36.6. The third kappa shape index (κ3) is 5.94. The van der Waals surface area contributed by atoms with Crippen LogP contribution in [0.2, 0.25) is 0 Å². The largest absolute Gasteiger partial charge is 0.508 e. The number of para-hydroxylation sites is 1. The van der Waals surface area contributed by atoms with Gasteiger partial charge in [0, 0.05) is 41.4 Å². The Morgan fingerprint density at radius 3 is 2.52 bits per heavy atom. The minimum atomic E-state index is -0.570. The minimum Gasteiger partial charge on any atom is -0.508 e. The number of likely N-dealkylation sites (tertiary alicyclic amines) is 1. The van der Waals surface area contributed by atoms with Crippen molar-refractivity contribution in [3.8, 4) is 40.0 Å². The first-order chi connectivity index (χ1) is 20.4. The van der Waals surface area contributed by atoms with Crippen molar-refractivity contribution < 1.29 is 19.8 Å². The maximum atomic E-state index is 13.7. The number of rotatable bonds is 7. The molecule has 1 aliphatic heterocycles. The maximum Gasteiger partial charge on any atom is 0.256 e. The van der Waals surface area contributed by atoms with Gasteiger partial charge in [0.25, 0.3) is 11.8 Å². The molecule has 1 aromatic heterocycles. The Morgan fingerprint density at radius 2 is 1.76 bits per heavy atom. The summed E-state index contributed by atoms with van der Waals surface area (Å²) in [5.74, 6) is -0.756. The fraction of sp³-hybridized carbons (Fsp3) is 0.212. The maximum absolute atomic E-state index is 13.7. The van der Waals surface area contributed by atoms with Gasteiger partial charge in [0.15, 0.2) is 5.82 Å².